The summed E-state index contributed by atoms with van der Waals surface area (Å²) in [6.45, 7) is -1.25. The van der Waals surface area contributed by atoms with E-state index in [0.29, 0.717) is 16.6 Å². The summed E-state index contributed by atoms with van der Waals surface area (Å²) in [4.78, 5) is 23.8. The van der Waals surface area contributed by atoms with Crippen molar-refractivity contribution in [3.8, 4) is 11.3 Å². The van der Waals surface area contributed by atoms with Gasteiger partial charge in [0, 0.05) is 0 Å². The molecule has 176 valence electrons. The lowest BCUT2D eigenvalue weighted by atomic mass is 10.2. The molecule has 2 aromatic carbocycles. The Kier molecular flexibility index (Phi) is 6.64. The fourth-order valence-corrected chi connectivity index (χ4v) is 4.23. The number of para-hydroxylation sites is 2. The van der Waals surface area contributed by atoms with Gasteiger partial charge in [0.05, 0.1) is 35.8 Å². The molecule has 7 nitrogen and oxygen atoms in total. The number of halogens is 3. The molecule has 0 aliphatic heterocycles. The van der Waals surface area contributed by atoms with Crippen molar-refractivity contribution < 1.29 is 27.8 Å². The van der Waals surface area contributed by atoms with Gasteiger partial charge in [0.25, 0.3) is 0 Å². The first-order chi connectivity index (χ1) is 16.3. The summed E-state index contributed by atoms with van der Waals surface area (Å²) in [5.41, 5.74) is 1.88. The Hall–Kier alpha value is -3.73. The first-order valence-corrected chi connectivity index (χ1v) is 11.0. The third-order valence-electron chi connectivity index (χ3n) is 4.87. The lowest BCUT2D eigenvalue weighted by molar-refractivity contribution is -0.141. The zero-order valence-electron chi connectivity index (χ0n) is 17.8. The molecule has 0 spiro atoms. The van der Waals surface area contributed by atoms with E-state index in [2.05, 4.69) is 15.0 Å². The molecule has 0 saturated carbocycles. The predicted molar refractivity (Wildman–Crippen MR) is 122 cm³/mol. The van der Waals surface area contributed by atoms with Gasteiger partial charge in [-0.2, -0.15) is 13.2 Å². The average molecular weight is 488 g/mol. The summed E-state index contributed by atoms with van der Waals surface area (Å²) >= 11 is 0.864. The molecule has 34 heavy (non-hydrogen) atoms. The van der Waals surface area contributed by atoms with E-state index in [9.17, 15) is 23.1 Å². The lowest BCUT2D eigenvalue weighted by Crippen LogP contribution is -2.19. The number of hydrogen-bond donors (Lipinski definition) is 2. The number of H-pyrrole nitrogens is 1. The van der Waals surface area contributed by atoms with Crippen LogP contribution in [0.15, 0.2) is 71.7 Å². The number of fused-ring (bicyclic) bond motifs is 1. The van der Waals surface area contributed by atoms with Crippen LogP contribution in [0.2, 0.25) is 0 Å². The maximum Gasteiger partial charge on any atom is 0.406 e. The Morgan fingerprint density at radius 2 is 1.85 bits per heavy atom. The topological polar surface area (TPSA) is 93.0 Å². The van der Waals surface area contributed by atoms with Crippen molar-refractivity contribution in [3.63, 3.8) is 0 Å². The number of aliphatic hydroxyl groups excluding tert-OH is 1. The van der Waals surface area contributed by atoms with Crippen molar-refractivity contribution in [1.82, 2.24) is 19.5 Å². The average Bonchev–Trinajstić information content (AvgIpc) is 3.41. The van der Waals surface area contributed by atoms with Crippen LogP contribution >= 0.6 is 11.8 Å². The second-order valence-corrected chi connectivity index (χ2v) is 8.14. The minimum atomic E-state index is -4.48. The molecular formula is C23H19F3N4O3S. The number of methoxy groups -OCH3 is 1. The highest BCUT2D eigenvalue weighted by atomic mass is 32.2. The highest BCUT2D eigenvalue weighted by Gasteiger charge is 2.31. The number of imidazole rings is 2. The van der Waals surface area contributed by atoms with Gasteiger partial charge in [-0.15, -0.1) is 0 Å². The SMILES string of the molecule is COC(=O)/C(=C(/O)CSc1ncc(-c2ccccc2)n1CC(F)(F)F)c1nc2ccccc2[nH]1. The Labute approximate surface area is 196 Å². The molecule has 0 unspecified atom stereocenters. The van der Waals surface area contributed by atoms with Crippen LogP contribution in [0.1, 0.15) is 5.82 Å². The van der Waals surface area contributed by atoms with Crippen molar-refractivity contribution in [2.75, 3.05) is 12.9 Å². The Morgan fingerprint density at radius 1 is 1.15 bits per heavy atom. The first-order valence-electron chi connectivity index (χ1n) is 10.0. The van der Waals surface area contributed by atoms with Gasteiger partial charge in [-0.05, 0) is 17.7 Å². The van der Waals surface area contributed by atoms with Crippen LogP contribution in [0.5, 0.6) is 0 Å². The fourth-order valence-electron chi connectivity index (χ4n) is 3.37. The molecule has 0 amide bonds. The van der Waals surface area contributed by atoms with E-state index in [4.69, 9.17) is 4.74 Å². The predicted octanol–water partition coefficient (Wildman–Crippen LogP) is 5.22. The van der Waals surface area contributed by atoms with Crippen molar-refractivity contribution in [2.45, 2.75) is 17.9 Å². The van der Waals surface area contributed by atoms with Gasteiger partial charge in [-0.3, -0.25) is 0 Å². The molecular weight excluding hydrogens is 469 g/mol. The van der Waals surface area contributed by atoms with E-state index < -0.39 is 24.4 Å². The van der Waals surface area contributed by atoms with E-state index in [-0.39, 0.29) is 28.0 Å². The second kappa shape index (κ2) is 9.64. The number of aromatic nitrogens is 4. The monoisotopic (exact) mass is 488 g/mol. The van der Waals surface area contributed by atoms with Crippen LogP contribution in [-0.4, -0.2) is 49.6 Å². The summed E-state index contributed by atoms with van der Waals surface area (Å²) in [7, 11) is 1.16. The van der Waals surface area contributed by atoms with Gasteiger partial charge in [0.1, 0.15) is 23.7 Å². The quantitative estimate of drug-likeness (QED) is 0.160. The summed E-state index contributed by atoms with van der Waals surface area (Å²) in [6.07, 6.45) is -3.13. The highest BCUT2D eigenvalue weighted by Crippen LogP contribution is 2.31. The van der Waals surface area contributed by atoms with Crippen molar-refractivity contribution >= 4 is 34.3 Å². The van der Waals surface area contributed by atoms with E-state index >= 15 is 0 Å². The molecule has 2 N–H and O–H groups in total. The zero-order chi connectivity index (χ0) is 24.3. The van der Waals surface area contributed by atoms with Crippen LogP contribution in [0.4, 0.5) is 13.2 Å². The summed E-state index contributed by atoms with van der Waals surface area (Å²) < 4.78 is 45.7. The van der Waals surface area contributed by atoms with Crippen molar-refractivity contribution in [3.05, 3.63) is 72.4 Å². The molecule has 0 saturated heterocycles. The number of alkyl halides is 3. The van der Waals surface area contributed by atoms with Crippen LogP contribution < -0.4 is 0 Å². The third-order valence-corrected chi connectivity index (χ3v) is 5.87. The number of hydrogen-bond acceptors (Lipinski definition) is 6. The summed E-state index contributed by atoms with van der Waals surface area (Å²) in [6, 6.07) is 15.6. The molecule has 4 rings (SSSR count). The third kappa shape index (κ3) is 5.09. The maximum absolute atomic E-state index is 13.3. The molecule has 11 heteroatoms. The molecule has 0 radical (unpaired) electrons. The Morgan fingerprint density at radius 3 is 2.53 bits per heavy atom. The number of esters is 1. The van der Waals surface area contributed by atoms with E-state index in [1.54, 1.807) is 54.6 Å². The van der Waals surface area contributed by atoms with Crippen LogP contribution in [0.25, 0.3) is 27.9 Å². The smallest absolute Gasteiger partial charge is 0.406 e. The highest BCUT2D eigenvalue weighted by molar-refractivity contribution is 7.99. The maximum atomic E-state index is 13.3. The van der Waals surface area contributed by atoms with Crippen molar-refractivity contribution in [2.24, 2.45) is 0 Å². The first kappa shape index (κ1) is 23.4. The number of ether oxygens (including phenoxy) is 1. The van der Waals surface area contributed by atoms with E-state index in [1.807, 2.05) is 0 Å². The largest absolute Gasteiger partial charge is 0.510 e. The molecule has 0 bridgehead atoms. The standard InChI is InChI=1S/C23H19F3N4O3S/c1-33-21(32)19(20-28-15-9-5-6-10-16(15)29-20)18(31)12-34-22-27-11-17(14-7-3-2-4-8-14)30(22)13-23(24,25)26/h2-11,31H,12-13H2,1H3,(H,28,29)/b19-18+. The number of rotatable bonds is 7. The molecule has 4 aromatic rings. The number of carbonyl (C=O) groups excluding carboxylic acids is 1. The number of aromatic amines is 1. The summed E-state index contributed by atoms with van der Waals surface area (Å²) in [5, 5.41) is 10.8. The number of nitrogens with one attached hydrogen (secondary N) is 1. The van der Waals surface area contributed by atoms with Gasteiger partial charge in [0.15, 0.2) is 5.16 Å². The van der Waals surface area contributed by atoms with Crippen LogP contribution in [0.3, 0.4) is 0 Å². The number of nitrogens with zero attached hydrogens (tertiary/aromatic N) is 3. The van der Waals surface area contributed by atoms with Gasteiger partial charge >= 0.3 is 12.1 Å². The Bertz CT molecular complexity index is 1310. The Balaban J connectivity index is 1.68. The van der Waals surface area contributed by atoms with Gasteiger partial charge < -0.3 is 19.4 Å². The number of benzene rings is 2. The van der Waals surface area contributed by atoms with Gasteiger partial charge in [-0.1, -0.05) is 54.2 Å². The van der Waals surface area contributed by atoms with Crippen LogP contribution in [0, 0.1) is 0 Å². The van der Waals surface area contributed by atoms with E-state index in [0.717, 1.165) is 23.4 Å². The van der Waals surface area contributed by atoms with Crippen LogP contribution in [-0.2, 0) is 16.1 Å². The number of thioether (sulfide) groups is 1. The normalized spacial score (nSPS) is 12.6. The fraction of sp³-hybridized carbons (Fsp3) is 0.174. The van der Waals surface area contributed by atoms with Crippen molar-refractivity contribution in [1.29, 1.82) is 0 Å². The van der Waals surface area contributed by atoms with E-state index in [1.165, 1.54) is 6.20 Å². The molecule has 2 aromatic heterocycles. The molecule has 0 aliphatic rings. The molecule has 2 heterocycles. The number of aliphatic hydroxyl groups is 1. The zero-order valence-corrected chi connectivity index (χ0v) is 18.7. The second-order valence-electron chi connectivity index (χ2n) is 7.20. The summed E-state index contributed by atoms with van der Waals surface area (Å²) in [5.74, 6) is -1.38. The van der Waals surface area contributed by atoms with Gasteiger partial charge in [-0.25, -0.2) is 14.8 Å². The van der Waals surface area contributed by atoms with Gasteiger partial charge in [0.2, 0.25) is 0 Å². The lowest BCUT2D eigenvalue weighted by Gasteiger charge is -2.14. The minimum Gasteiger partial charge on any atom is -0.510 e. The molecule has 0 fully saturated rings. The molecule has 0 aliphatic carbocycles. The molecule has 0 atom stereocenters. The minimum absolute atomic E-state index is 0.0385. The number of carbonyl (C=O) groups is 1.